The smallest absolute Gasteiger partial charge is 0.123 e. The van der Waals surface area contributed by atoms with Gasteiger partial charge in [-0.1, -0.05) is 12.1 Å². The molecule has 0 saturated carbocycles. The van der Waals surface area contributed by atoms with E-state index in [9.17, 15) is 5.11 Å². The molecular weight excluding hydrogens is 304 g/mol. The first-order chi connectivity index (χ1) is 11.7. The lowest BCUT2D eigenvalue weighted by Gasteiger charge is -2.38. The second-order valence-corrected chi connectivity index (χ2v) is 6.34. The first-order valence-corrected chi connectivity index (χ1v) is 8.11. The maximum atomic E-state index is 10.9. The number of H-pyrrole nitrogens is 1. The Kier molecular flexibility index (Phi) is 3.87. The number of aliphatic hydroxyl groups is 1. The number of benzene rings is 1. The molecule has 0 bridgehead atoms. The molecule has 1 atom stereocenters. The summed E-state index contributed by atoms with van der Waals surface area (Å²) in [6, 6.07) is 8.42. The summed E-state index contributed by atoms with van der Waals surface area (Å²) < 4.78 is 1.98. The van der Waals surface area contributed by atoms with Crippen LogP contribution >= 0.6 is 0 Å². The van der Waals surface area contributed by atoms with Gasteiger partial charge in [-0.3, -0.25) is 4.90 Å². The number of β-amino-alcohol motifs (C(OH)–C–C–N with tert-alkyl or cyclic N) is 1. The maximum Gasteiger partial charge on any atom is 0.123 e. The predicted molar refractivity (Wildman–Crippen MR) is 88.4 cm³/mol. The van der Waals surface area contributed by atoms with Gasteiger partial charge in [0.2, 0.25) is 0 Å². The van der Waals surface area contributed by atoms with Gasteiger partial charge in [0.15, 0.2) is 0 Å². The lowest BCUT2D eigenvalue weighted by Crippen LogP contribution is -2.45. The Bertz CT molecular complexity index is 768. The molecule has 3 heterocycles. The van der Waals surface area contributed by atoms with Crippen LogP contribution in [0.1, 0.15) is 24.1 Å². The zero-order valence-electron chi connectivity index (χ0n) is 13.3. The number of nitrogens with zero attached hydrogens (tertiary/aromatic N) is 5. The summed E-state index contributed by atoms with van der Waals surface area (Å²) in [6.45, 7) is 2.36. The fourth-order valence-electron chi connectivity index (χ4n) is 3.34. The van der Waals surface area contributed by atoms with Crippen molar-refractivity contribution in [1.29, 1.82) is 0 Å². The predicted octanol–water partition coefficient (Wildman–Crippen LogP) is 1.47. The van der Waals surface area contributed by atoms with Gasteiger partial charge in [0, 0.05) is 31.2 Å². The van der Waals surface area contributed by atoms with E-state index in [1.165, 1.54) is 5.56 Å². The Hall–Kier alpha value is -2.51. The second-order valence-electron chi connectivity index (χ2n) is 6.34. The largest absolute Gasteiger partial charge is 0.382 e. The van der Waals surface area contributed by atoms with Crippen LogP contribution in [0.2, 0.25) is 0 Å². The van der Waals surface area contributed by atoms with Crippen molar-refractivity contribution >= 4 is 0 Å². The zero-order chi connectivity index (χ0) is 16.4. The van der Waals surface area contributed by atoms with Crippen LogP contribution in [0, 0.1) is 0 Å². The minimum Gasteiger partial charge on any atom is -0.382 e. The van der Waals surface area contributed by atoms with E-state index >= 15 is 0 Å². The molecule has 0 spiro atoms. The van der Waals surface area contributed by atoms with Gasteiger partial charge in [0.05, 0.1) is 12.5 Å². The topological polar surface area (TPSA) is 82.9 Å². The van der Waals surface area contributed by atoms with Gasteiger partial charge in [0.1, 0.15) is 11.3 Å². The number of aromatic nitrogens is 5. The summed E-state index contributed by atoms with van der Waals surface area (Å²) in [7, 11) is 0. The van der Waals surface area contributed by atoms with E-state index in [0.717, 1.165) is 31.6 Å². The van der Waals surface area contributed by atoms with E-state index in [0.29, 0.717) is 12.2 Å². The fourth-order valence-corrected chi connectivity index (χ4v) is 3.34. The Morgan fingerprint density at radius 1 is 1.25 bits per heavy atom. The molecule has 1 aromatic carbocycles. The summed E-state index contributed by atoms with van der Waals surface area (Å²) in [6.07, 6.45) is 8.76. The SMILES string of the molecule is OC1(c2cn[nH]n2)CCCN(Cc2ccc(-n3ccnc3)cc2)C1. The van der Waals surface area contributed by atoms with Crippen molar-refractivity contribution in [3.63, 3.8) is 0 Å². The average molecular weight is 324 g/mol. The Balaban J connectivity index is 1.45. The molecule has 1 fully saturated rings. The summed E-state index contributed by atoms with van der Waals surface area (Å²) in [5, 5.41) is 21.4. The van der Waals surface area contributed by atoms with Crippen molar-refractivity contribution in [2.45, 2.75) is 25.0 Å². The molecule has 0 aliphatic carbocycles. The van der Waals surface area contributed by atoms with Crippen LogP contribution in [0.15, 0.2) is 49.2 Å². The highest BCUT2D eigenvalue weighted by Gasteiger charge is 2.37. The maximum absolute atomic E-state index is 10.9. The normalized spacial score (nSPS) is 21.9. The van der Waals surface area contributed by atoms with Gasteiger partial charge >= 0.3 is 0 Å². The van der Waals surface area contributed by atoms with Crippen molar-refractivity contribution in [2.75, 3.05) is 13.1 Å². The van der Waals surface area contributed by atoms with Crippen LogP contribution in [0.4, 0.5) is 0 Å². The molecule has 1 aliphatic rings. The summed E-state index contributed by atoms with van der Waals surface area (Å²) in [4.78, 5) is 6.34. The Morgan fingerprint density at radius 3 is 2.83 bits per heavy atom. The molecule has 124 valence electrons. The van der Waals surface area contributed by atoms with E-state index in [2.05, 4.69) is 49.6 Å². The molecule has 3 aromatic rings. The summed E-state index contributed by atoms with van der Waals surface area (Å²) in [5.74, 6) is 0. The molecule has 2 aromatic heterocycles. The van der Waals surface area contributed by atoms with E-state index in [1.54, 1.807) is 18.7 Å². The van der Waals surface area contributed by atoms with Crippen LogP contribution in [-0.2, 0) is 12.1 Å². The van der Waals surface area contributed by atoms with Gasteiger partial charge in [-0.2, -0.15) is 15.4 Å². The Morgan fingerprint density at radius 2 is 2.12 bits per heavy atom. The number of hydrogen-bond acceptors (Lipinski definition) is 5. The number of hydrogen-bond donors (Lipinski definition) is 2. The van der Waals surface area contributed by atoms with Crippen LogP contribution in [0.25, 0.3) is 5.69 Å². The first kappa shape index (κ1) is 15.0. The Labute approximate surface area is 140 Å². The molecule has 4 rings (SSSR count). The van der Waals surface area contributed by atoms with Crippen molar-refractivity contribution in [1.82, 2.24) is 29.9 Å². The molecule has 1 saturated heterocycles. The summed E-state index contributed by atoms with van der Waals surface area (Å²) in [5.41, 5.74) is 2.03. The second kappa shape index (κ2) is 6.18. The van der Waals surface area contributed by atoms with Gasteiger partial charge in [-0.25, -0.2) is 4.98 Å². The molecule has 2 N–H and O–H groups in total. The molecule has 7 nitrogen and oxygen atoms in total. The van der Waals surface area contributed by atoms with E-state index in [4.69, 9.17) is 0 Å². The molecule has 0 radical (unpaired) electrons. The minimum absolute atomic E-state index is 0.572. The van der Waals surface area contributed by atoms with Crippen LogP contribution in [0.3, 0.4) is 0 Å². The van der Waals surface area contributed by atoms with Crippen molar-refractivity contribution in [3.05, 3.63) is 60.4 Å². The minimum atomic E-state index is -0.915. The molecule has 24 heavy (non-hydrogen) atoms. The zero-order valence-corrected chi connectivity index (χ0v) is 13.3. The van der Waals surface area contributed by atoms with E-state index in [-0.39, 0.29) is 0 Å². The van der Waals surface area contributed by atoms with E-state index < -0.39 is 5.60 Å². The van der Waals surface area contributed by atoms with Crippen molar-refractivity contribution < 1.29 is 5.11 Å². The number of nitrogens with one attached hydrogen (secondary N) is 1. The molecular formula is C17H20N6O. The number of imidazole rings is 1. The van der Waals surface area contributed by atoms with Gasteiger partial charge in [-0.15, -0.1) is 0 Å². The van der Waals surface area contributed by atoms with Crippen LogP contribution < -0.4 is 0 Å². The van der Waals surface area contributed by atoms with Gasteiger partial charge in [-0.05, 0) is 37.1 Å². The van der Waals surface area contributed by atoms with Crippen LogP contribution in [-0.4, -0.2) is 48.1 Å². The lowest BCUT2D eigenvalue weighted by atomic mass is 9.90. The third kappa shape index (κ3) is 2.95. The highest BCUT2D eigenvalue weighted by atomic mass is 16.3. The number of piperidine rings is 1. The highest BCUT2D eigenvalue weighted by Crippen LogP contribution is 2.30. The molecule has 1 unspecified atom stereocenters. The summed E-state index contributed by atoms with van der Waals surface area (Å²) >= 11 is 0. The average Bonchev–Trinajstić information content (AvgIpc) is 3.30. The van der Waals surface area contributed by atoms with Crippen molar-refractivity contribution in [3.8, 4) is 5.69 Å². The first-order valence-electron chi connectivity index (χ1n) is 8.11. The molecule has 1 aliphatic heterocycles. The standard InChI is InChI=1S/C17H20N6O/c24-17(16-10-19-21-20-16)6-1-8-22(12-17)11-14-2-4-15(5-3-14)23-9-7-18-13-23/h2-5,7,9-10,13,24H,1,6,8,11-12H2,(H,19,20,21). The number of rotatable bonds is 4. The van der Waals surface area contributed by atoms with Crippen LogP contribution in [0.5, 0.6) is 0 Å². The monoisotopic (exact) mass is 324 g/mol. The molecule has 7 heteroatoms. The third-order valence-electron chi connectivity index (χ3n) is 4.59. The quantitative estimate of drug-likeness (QED) is 0.759. The number of likely N-dealkylation sites (tertiary alicyclic amines) is 1. The van der Waals surface area contributed by atoms with Crippen molar-refractivity contribution in [2.24, 2.45) is 0 Å². The van der Waals surface area contributed by atoms with Gasteiger partial charge in [0.25, 0.3) is 0 Å². The third-order valence-corrected chi connectivity index (χ3v) is 4.59. The lowest BCUT2D eigenvalue weighted by molar-refractivity contribution is -0.0414. The fraction of sp³-hybridized carbons (Fsp3) is 0.353. The molecule has 0 amide bonds. The number of aromatic amines is 1. The van der Waals surface area contributed by atoms with E-state index in [1.807, 2.05) is 10.8 Å². The van der Waals surface area contributed by atoms with Gasteiger partial charge < -0.3 is 9.67 Å². The highest BCUT2D eigenvalue weighted by molar-refractivity contribution is 5.34.